The van der Waals surface area contributed by atoms with Gasteiger partial charge >= 0.3 is 11.9 Å². The third-order valence-electron chi connectivity index (χ3n) is 6.85. The van der Waals surface area contributed by atoms with E-state index in [1.54, 1.807) is 55.6 Å². The number of amides is 2. The van der Waals surface area contributed by atoms with Crippen LogP contribution < -0.4 is 15.8 Å². The minimum atomic E-state index is -3.03. The van der Waals surface area contributed by atoms with E-state index in [4.69, 9.17) is 10.5 Å². The van der Waals surface area contributed by atoms with Gasteiger partial charge in [0.25, 0.3) is 11.8 Å². The molecule has 0 bridgehead atoms. The van der Waals surface area contributed by atoms with E-state index in [1.807, 2.05) is 0 Å². The third kappa shape index (κ3) is 11.9. The Morgan fingerprint density at radius 3 is 2.15 bits per heavy atom. The first-order valence-electron chi connectivity index (χ1n) is 14.8. The van der Waals surface area contributed by atoms with Crippen molar-refractivity contribution < 1.29 is 37.6 Å². The number of rotatable bonds is 14. The van der Waals surface area contributed by atoms with E-state index in [2.05, 4.69) is 36.0 Å². The molecule has 0 atom stereocenters. The first kappa shape index (κ1) is 36.3. The van der Waals surface area contributed by atoms with E-state index in [9.17, 15) is 23.4 Å². The van der Waals surface area contributed by atoms with Crippen molar-refractivity contribution in [3.05, 3.63) is 83.0 Å². The molecule has 0 radical (unpaired) electrons. The highest BCUT2D eigenvalue weighted by atomic mass is 32.2. The topological polar surface area (TPSA) is 176 Å². The summed E-state index contributed by atoms with van der Waals surface area (Å²) in [6.07, 6.45) is 3.16. The van der Waals surface area contributed by atoms with Crippen LogP contribution in [0.3, 0.4) is 0 Å². The Morgan fingerprint density at radius 2 is 1.51 bits per heavy atom. The number of methoxy groups -OCH3 is 3. The second-order valence-electron chi connectivity index (χ2n) is 10.3. The number of benzene rings is 2. The van der Waals surface area contributed by atoms with E-state index >= 15 is 0 Å². The molecule has 12 nitrogen and oxygen atoms in total. The fourth-order valence-corrected chi connectivity index (χ4v) is 6.37. The molecular formula is C34H38N4O8S. The zero-order chi connectivity index (χ0) is 34.2. The maximum absolute atomic E-state index is 13.8. The van der Waals surface area contributed by atoms with Crippen molar-refractivity contribution in [3.63, 3.8) is 0 Å². The fourth-order valence-electron chi connectivity index (χ4n) is 4.27. The maximum atomic E-state index is 13.8. The highest BCUT2D eigenvalue weighted by molar-refractivity contribution is 7.93. The number of carbonyl (C=O) groups is 4. The molecule has 13 heteroatoms. The molecule has 2 aromatic carbocycles. The molecule has 0 aliphatic carbocycles. The monoisotopic (exact) mass is 662 g/mol. The molecule has 3 N–H and O–H groups in total. The number of esters is 2. The molecule has 1 aromatic heterocycles. The minimum Gasteiger partial charge on any atom is -0.497 e. The number of pyridine rings is 1. The molecule has 248 valence electrons. The van der Waals surface area contributed by atoms with Gasteiger partial charge in [-0.3, -0.25) is 19.2 Å². The molecule has 1 heterocycles. The zero-order valence-corrected chi connectivity index (χ0v) is 27.4. The zero-order valence-electron chi connectivity index (χ0n) is 26.6. The van der Waals surface area contributed by atoms with Gasteiger partial charge in [-0.2, -0.15) is 4.36 Å². The minimum absolute atomic E-state index is 0.0479. The summed E-state index contributed by atoms with van der Waals surface area (Å²) in [7, 11) is 1.09. The summed E-state index contributed by atoms with van der Waals surface area (Å²) in [4.78, 5) is 53.1. The van der Waals surface area contributed by atoms with Crippen molar-refractivity contribution in [2.45, 2.75) is 38.5 Å². The van der Waals surface area contributed by atoms with Crippen molar-refractivity contribution in [2.75, 3.05) is 43.9 Å². The van der Waals surface area contributed by atoms with Crippen LogP contribution in [0.2, 0.25) is 0 Å². The van der Waals surface area contributed by atoms with Gasteiger partial charge < -0.3 is 25.3 Å². The largest absolute Gasteiger partial charge is 0.497 e. The Hall–Kier alpha value is -5.22. The number of nitrogen functional groups attached to an aromatic ring is 1. The fraction of sp³-hybridized carbons (Fsp3) is 0.324. The molecule has 0 spiro atoms. The molecule has 0 unspecified atom stereocenters. The van der Waals surface area contributed by atoms with Crippen molar-refractivity contribution in [1.29, 1.82) is 0 Å². The lowest BCUT2D eigenvalue weighted by molar-refractivity contribution is -0.141. The normalized spacial score (nSPS) is 10.6. The number of nitrogens with zero attached hydrogens (tertiary/aromatic N) is 2. The van der Waals surface area contributed by atoms with Crippen molar-refractivity contribution in [2.24, 2.45) is 4.36 Å². The van der Waals surface area contributed by atoms with Crippen LogP contribution >= 0.6 is 0 Å². The molecular weight excluding hydrogens is 624 g/mol. The van der Waals surface area contributed by atoms with Crippen LogP contribution in [0.25, 0.3) is 0 Å². The van der Waals surface area contributed by atoms with Crippen LogP contribution in [-0.2, 0) is 28.8 Å². The molecule has 3 rings (SSSR count). The summed E-state index contributed by atoms with van der Waals surface area (Å²) < 4.78 is 32.4. The van der Waals surface area contributed by atoms with Crippen molar-refractivity contribution in [1.82, 2.24) is 4.98 Å². The number of unbranched alkanes of at least 4 members (excludes halogenated alkanes) is 2. The first-order chi connectivity index (χ1) is 22.6. The lowest BCUT2D eigenvalue weighted by Crippen LogP contribution is -2.15. The van der Waals surface area contributed by atoms with Crippen LogP contribution in [0.4, 0.5) is 11.5 Å². The van der Waals surface area contributed by atoms with Crippen LogP contribution in [0.5, 0.6) is 5.75 Å². The van der Waals surface area contributed by atoms with Crippen LogP contribution in [0.15, 0.2) is 65.2 Å². The summed E-state index contributed by atoms with van der Waals surface area (Å²) in [6, 6.07) is 15.1. The third-order valence-corrected chi connectivity index (χ3v) is 9.20. The molecule has 47 heavy (non-hydrogen) atoms. The number of nitrogens with two attached hydrogens (primary N) is 1. The lowest BCUT2D eigenvalue weighted by atomic mass is 10.1. The maximum Gasteiger partial charge on any atom is 0.305 e. The van der Waals surface area contributed by atoms with Gasteiger partial charge in [-0.25, -0.2) is 9.19 Å². The molecule has 0 aliphatic heterocycles. The number of hydrogen-bond acceptors (Lipinski definition) is 10. The molecule has 0 fully saturated rings. The molecule has 0 saturated heterocycles. The quantitative estimate of drug-likeness (QED) is 0.141. The van der Waals surface area contributed by atoms with Crippen LogP contribution in [0.1, 0.15) is 70.4 Å². The Bertz CT molecular complexity index is 1760. The predicted molar refractivity (Wildman–Crippen MR) is 178 cm³/mol. The van der Waals surface area contributed by atoms with Gasteiger partial charge in [0.15, 0.2) is 0 Å². The van der Waals surface area contributed by atoms with Gasteiger partial charge in [-0.05, 0) is 62.1 Å². The SMILES string of the molecule is COC(=O)CCCCS(=O)(CCCCC(=O)OC)=NC(=O)c1cnc(N)c(C#Cc2cccc(C(=O)Nc3cccc(OC)c3)c2)c1. The number of carbonyl (C=O) groups excluding carboxylic acids is 4. The van der Waals surface area contributed by atoms with Gasteiger partial charge in [-0.1, -0.05) is 24.0 Å². The first-order valence-corrected chi connectivity index (χ1v) is 16.6. The van der Waals surface area contributed by atoms with Gasteiger partial charge in [0.05, 0.1) is 42.2 Å². The number of nitrogens with one attached hydrogen (secondary N) is 1. The molecule has 3 aromatic rings. The highest BCUT2D eigenvalue weighted by Crippen LogP contribution is 2.18. The molecule has 2 amide bonds. The van der Waals surface area contributed by atoms with E-state index < -0.39 is 15.6 Å². The Labute approximate surface area is 274 Å². The van der Waals surface area contributed by atoms with Crippen molar-refractivity contribution >= 4 is 45.0 Å². The summed E-state index contributed by atoms with van der Waals surface area (Å²) in [5.41, 5.74) is 7.81. The number of aromatic nitrogens is 1. The van der Waals surface area contributed by atoms with Crippen molar-refractivity contribution in [3.8, 4) is 17.6 Å². The number of ether oxygens (including phenoxy) is 3. The van der Waals surface area contributed by atoms with Gasteiger partial charge in [0.2, 0.25) is 0 Å². The van der Waals surface area contributed by atoms with E-state index in [-0.39, 0.29) is 59.1 Å². The average Bonchev–Trinajstić information content (AvgIpc) is 3.08. The Morgan fingerprint density at radius 1 is 0.851 bits per heavy atom. The average molecular weight is 663 g/mol. The summed E-state index contributed by atoms with van der Waals surface area (Å²) in [6.45, 7) is 0. The smallest absolute Gasteiger partial charge is 0.305 e. The highest BCUT2D eigenvalue weighted by Gasteiger charge is 2.16. The second kappa shape index (κ2) is 18.1. The van der Waals surface area contributed by atoms with Gasteiger partial charge in [0.1, 0.15) is 11.6 Å². The Kier molecular flexibility index (Phi) is 13.9. The number of anilines is 2. The second-order valence-corrected chi connectivity index (χ2v) is 12.9. The molecule has 0 aliphatic rings. The summed E-state index contributed by atoms with van der Waals surface area (Å²) >= 11 is 0. The molecule has 0 saturated carbocycles. The predicted octanol–water partition coefficient (Wildman–Crippen LogP) is 4.62. The summed E-state index contributed by atoms with van der Waals surface area (Å²) in [5.74, 6) is 4.85. The summed E-state index contributed by atoms with van der Waals surface area (Å²) in [5, 5.41) is 2.82. The van der Waals surface area contributed by atoms with Crippen LogP contribution in [-0.4, -0.2) is 65.8 Å². The van der Waals surface area contributed by atoms with E-state index in [0.29, 0.717) is 48.2 Å². The van der Waals surface area contributed by atoms with Gasteiger partial charge in [0, 0.05) is 53.4 Å². The lowest BCUT2D eigenvalue weighted by Gasteiger charge is -2.10. The Balaban J connectivity index is 1.79. The van der Waals surface area contributed by atoms with Crippen LogP contribution in [0, 0.1) is 11.8 Å². The standard InChI is InChI=1S/C34H38N4O8S/c1-44-29-13-9-12-28(22-29)37-33(41)26-11-8-10-24(20-26)16-17-25-21-27(23-36-32(25)35)34(42)38-47(43,18-6-4-14-30(39)45-2)19-7-5-15-31(40)46-3/h8-13,20-23H,4-7,14-15,18-19H2,1-3H3,(H2,35,36)(H,37,41). The van der Waals surface area contributed by atoms with Gasteiger partial charge in [-0.15, -0.1) is 0 Å². The number of hydrogen-bond donors (Lipinski definition) is 2. The van der Waals surface area contributed by atoms with E-state index in [0.717, 1.165) is 0 Å². The van der Waals surface area contributed by atoms with E-state index in [1.165, 1.54) is 26.5 Å².